The number of nitrogens with two attached hydrogens (primary N) is 1. The lowest BCUT2D eigenvalue weighted by molar-refractivity contribution is 0.0492. The van der Waals surface area contributed by atoms with E-state index in [2.05, 4.69) is 25.6 Å². The molecule has 4 rings (SSSR count). The Labute approximate surface area is 202 Å². The summed E-state index contributed by atoms with van der Waals surface area (Å²) >= 11 is 0. The minimum atomic E-state index is -0.773. The molecule has 0 aliphatic heterocycles. The molecule has 4 N–H and O–H groups in total. The third-order valence-corrected chi connectivity index (χ3v) is 5.84. The summed E-state index contributed by atoms with van der Waals surface area (Å²) in [6.07, 6.45) is 4.46. The quantitative estimate of drug-likeness (QED) is 0.441. The number of alkyl carbamates (subject to hydrolysis) is 1. The third kappa shape index (κ3) is 5.93. The van der Waals surface area contributed by atoms with E-state index in [0.29, 0.717) is 17.0 Å². The second-order valence-electron chi connectivity index (χ2n) is 9.95. The molecular weight excluding hydrogens is 454 g/mol. The first-order chi connectivity index (χ1) is 16.5. The van der Waals surface area contributed by atoms with E-state index in [9.17, 15) is 13.6 Å². The highest BCUT2D eigenvalue weighted by Crippen LogP contribution is 2.30. The van der Waals surface area contributed by atoms with E-state index in [4.69, 9.17) is 10.5 Å². The molecule has 3 aromatic rings. The fourth-order valence-corrected chi connectivity index (χ4v) is 4.26. The smallest absolute Gasteiger partial charge is 0.407 e. The zero-order chi connectivity index (χ0) is 25.3. The van der Waals surface area contributed by atoms with Gasteiger partial charge in [-0.1, -0.05) is 0 Å². The fraction of sp³-hybridized carbons (Fsp3) is 0.440. The largest absolute Gasteiger partial charge is 0.444 e. The number of hydrogen-bond donors (Lipinski definition) is 3. The van der Waals surface area contributed by atoms with Crippen molar-refractivity contribution in [2.75, 3.05) is 11.1 Å². The number of aryl methyl sites for hydroxylation is 1. The molecule has 1 aliphatic carbocycles. The predicted octanol–water partition coefficient (Wildman–Crippen LogP) is 5.11. The molecule has 2 heterocycles. The topological polar surface area (TPSA) is 115 Å². The molecule has 10 heteroatoms. The highest BCUT2D eigenvalue weighted by molar-refractivity contribution is 5.82. The lowest BCUT2D eigenvalue weighted by Crippen LogP contribution is -2.42. The molecule has 1 aliphatic rings. The summed E-state index contributed by atoms with van der Waals surface area (Å²) in [6, 6.07) is 3.97. The monoisotopic (exact) mass is 484 g/mol. The standard InChI is InChI=1S/C25H30F2N6O2/c1-13-9-19(21-17(26)10-14(28)11-18(21)27)32-20-12-29-23(33-22(13)20)30-15-5-7-16(8-6-15)31-24(34)35-25(2,3)4/h9-12,15-16H,5-8,28H2,1-4H3,(H,31,34)(H,29,30,33)/t15-,16-. The van der Waals surface area contributed by atoms with Crippen molar-refractivity contribution in [2.45, 2.75) is 71.1 Å². The average molecular weight is 485 g/mol. The number of rotatable bonds is 4. The van der Waals surface area contributed by atoms with Crippen LogP contribution >= 0.6 is 0 Å². The number of carbonyl (C=O) groups is 1. The Balaban J connectivity index is 1.43. The number of benzene rings is 1. The number of fused-ring (bicyclic) bond motifs is 1. The first-order valence-corrected chi connectivity index (χ1v) is 11.6. The normalized spacial score (nSPS) is 18.3. The zero-order valence-corrected chi connectivity index (χ0v) is 20.3. The van der Waals surface area contributed by atoms with Gasteiger partial charge in [0.2, 0.25) is 5.95 Å². The number of hydrogen-bond acceptors (Lipinski definition) is 7. The molecule has 0 atom stereocenters. The van der Waals surface area contributed by atoms with Crippen molar-refractivity contribution in [3.8, 4) is 11.3 Å². The van der Waals surface area contributed by atoms with Crippen LogP contribution in [0.2, 0.25) is 0 Å². The second kappa shape index (κ2) is 9.59. The van der Waals surface area contributed by atoms with Crippen molar-refractivity contribution >= 4 is 28.8 Å². The first kappa shape index (κ1) is 24.6. The average Bonchev–Trinajstić information content (AvgIpc) is 2.73. The van der Waals surface area contributed by atoms with E-state index in [-0.39, 0.29) is 29.0 Å². The Bertz CT molecular complexity index is 1230. The lowest BCUT2D eigenvalue weighted by atomic mass is 9.91. The van der Waals surface area contributed by atoms with Crippen LogP contribution < -0.4 is 16.4 Å². The van der Waals surface area contributed by atoms with E-state index >= 15 is 0 Å². The Morgan fingerprint density at radius 2 is 1.69 bits per heavy atom. The Hall–Kier alpha value is -3.56. The van der Waals surface area contributed by atoms with Gasteiger partial charge in [-0.2, -0.15) is 0 Å². The molecule has 0 radical (unpaired) electrons. The van der Waals surface area contributed by atoms with Crippen molar-refractivity contribution in [2.24, 2.45) is 0 Å². The van der Waals surface area contributed by atoms with Crippen molar-refractivity contribution in [3.63, 3.8) is 0 Å². The molecule has 1 amide bonds. The molecule has 2 aromatic heterocycles. The number of ether oxygens (including phenoxy) is 1. The first-order valence-electron chi connectivity index (χ1n) is 11.6. The maximum atomic E-state index is 14.4. The van der Waals surface area contributed by atoms with Crippen LogP contribution in [0.4, 0.5) is 25.2 Å². The lowest BCUT2D eigenvalue weighted by Gasteiger charge is -2.30. The molecule has 0 saturated heterocycles. The fourth-order valence-electron chi connectivity index (χ4n) is 4.26. The Kier molecular flexibility index (Phi) is 6.73. The maximum absolute atomic E-state index is 14.4. The van der Waals surface area contributed by atoms with Gasteiger partial charge in [0.05, 0.1) is 23.0 Å². The van der Waals surface area contributed by atoms with Crippen LogP contribution in [0.1, 0.15) is 52.0 Å². The third-order valence-electron chi connectivity index (χ3n) is 5.84. The minimum Gasteiger partial charge on any atom is -0.444 e. The SMILES string of the molecule is Cc1cc(-c2c(F)cc(N)cc2F)nc2cnc(N[C@H]3CC[C@H](NC(=O)OC(C)(C)C)CC3)nc12. The molecule has 0 unspecified atom stereocenters. The second-order valence-corrected chi connectivity index (χ2v) is 9.95. The number of nitrogen functional groups attached to an aromatic ring is 1. The van der Waals surface area contributed by atoms with Gasteiger partial charge >= 0.3 is 6.09 Å². The van der Waals surface area contributed by atoms with Crippen molar-refractivity contribution in [1.82, 2.24) is 20.3 Å². The molecular formula is C25H30F2N6O2. The summed E-state index contributed by atoms with van der Waals surface area (Å²) < 4.78 is 34.1. The van der Waals surface area contributed by atoms with Crippen LogP contribution in [-0.2, 0) is 4.74 Å². The summed E-state index contributed by atoms with van der Waals surface area (Å²) in [7, 11) is 0. The van der Waals surface area contributed by atoms with Crippen molar-refractivity contribution in [3.05, 3.63) is 41.6 Å². The summed E-state index contributed by atoms with van der Waals surface area (Å²) in [4.78, 5) is 25.3. The maximum Gasteiger partial charge on any atom is 0.407 e. The summed E-state index contributed by atoms with van der Waals surface area (Å²) in [5.74, 6) is -1.09. The van der Waals surface area contributed by atoms with Crippen LogP contribution in [-0.4, -0.2) is 38.7 Å². The van der Waals surface area contributed by atoms with E-state index in [1.165, 1.54) is 0 Å². The zero-order valence-electron chi connectivity index (χ0n) is 20.3. The van der Waals surface area contributed by atoms with Crippen LogP contribution in [0.3, 0.4) is 0 Å². The number of anilines is 2. The van der Waals surface area contributed by atoms with Crippen LogP contribution in [0.15, 0.2) is 24.4 Å². The molecule has 35 heavy (non-hydrogen) atoms. The van der Waals surface area contributed by atoms with Crippen LogP contribution in [0.25, 0.3) is 22.3 Å². The van der Waals surface area contributed by atoms with E-state index in [1.807, 2.05) is 27.7 Å². The van der Waals surface area contributed by atoms with Gasteiger partial charge in [0.15, 0.2) is 0 Å². The molecule has 186 valence electrons. The Morgan fingerprint density at radius 1 is 1.06 bits per heavy atom. The number of aromatic nitrogens is 3. The van der Waals surface area contributed by atoms with Gasteiger partial charge in [-0.3, -0.25) is 0 Å². The van der Waals surface area contributed by atoms with Gasteiger partial charge in [0.1, 0.15) is 22.8 Å². The molecule has 0 bridgehead atoms. The molecule has 1 saturated carbocycles. The molecule has 1 aromatic carbocycles. The van der Waals surface area contributed by atoms with Crippen molar-refractivity contribution < 1.29 is 18.3 Å². The number of carbonyl (C=O) groups excluding carboxylic acids is 1. The van der Waals surface area contributed by atoms with E-state index in [1.54, 1.807) is 12.3 Å². The van der Waals surface area contributed by atoms with E-state index in [0.717, 1.165) is 43.4 Å². The van der Waals surface area contributed by atoms with Gasteiger partial charge in [0, 0.05) is 17.8 Å². The van der Waals surface area contributed by atoms with Gasteiger partial charge in [0.25, 0.3) is 0 Å². The minimum absolute atomic E-state index is 0.00923. The van der Waals surface area contributed by atoms with Gasteiger partial charge < -0.3 is 21.1 Å². The predicted molar refractivity (Wildman–Crippen MR) is 131 cm³/mol. The van der Waals surface area contributed by atoms with Crippen molar-refractivity contribution in [1.29, 1.82) is 0 Å². The summed E-state index contributed by atoms with van der Waals surface area (Å²) in [5, 5.41) is 6.29. The molecule has 8 nitrogen and oxygen atoms in total. The molecule has 1 fully saturated rings. The number of halogens is 2. The molecule has 0 spiro atoms. The van der Waals surface area contributed by atoms with Crippen LogP contribution in [0, 0.1) is 18.6 Å². The summed E-state index contributed by atoms with van der Waals surface area (Å²) in [6.45, 7) is 7.32. The highest BCUT2D eigenvalue weighted by atomic mass is 19.1. The van der Waals surface area contributed by atoms with E-state index < -0.39 is 23.3 Å². The van der Waals surface area contributed by atoms with Gasteiger partial charge in [-0.05, 0) is 77.1 Å². The Morgan fingerprint density at radius 3 is 2.31 bits per heavy atom. The van der Waals surface area contributed by atoms with Crippen LogP contribution in [0.5, 0.6) is 0 Å². The van der Waals surface area contributed by atoms with Gasteiger partial charge in [-0.25, -0.2) is 28.5 Å². The highest BCUT2D eigenvalue weighted by Gasteiger charge is 2.25. The summed E-state index contributed by atoms with van der Waals surface area (Å²) in [5.41, 5.74) is 6.68. The number of amides is 1. The number of nitrogens with one attached hydrogen (secondary N) is 2. The number of nitrogens with zero attached hydrogens (tertiary/aromatic N) is 3. The van der Waals surface area contributed by atoms with Gasteiger partial charge in [-0.15, -0.1) is 0 Å². The number of pyridine rings is 1.